The lowest BCUT2D eigenvalue weighted by atomic mass is 10.1. The number of anilines is 1. The van der Waals surface area contributed by atoms with E-state index >= 15 is 0 Å². The lowest BCUT2D eigenvalue weighted by molar-refractivity contribution is -0.136. The largest absolute Gasteiger partial charge is 0.496 e. The summed E-state index contributed by atoms with van der Waals surface area (Å²) in [4.78, 5) is 12.1. The fraction of sp³-hybridized carbons (Fsp3) is 0.133. The minimum absolute atomic E-state index is 0.0676. The zero-order chi connectivity index (χ0) is 16.3. The van der Waals surface area contributed by atoms with Crippen LogP contribution in [0.15, 0.2) is 42.5 Å². The van der Waals surface area contributed by atoms with E-state index in [0.717, 1.165) is 18.2 Å². The second-order valence-electron chi connectivity index (χ2n) is 4.31. The SMILES string of the molecule is COc1cccc(F)c1C(=O)Nc1ccccc1C(F)(F)F. The summed E-state index contributed by atoms with van der Waals surface area (Å²) in [6.07, 6.45) is -4.64. The molecule has 2 rings (SSSR count). The average molecular weight is 313 g/mol. The number of ether oxygens (including phenoxy) is 1. The number of nitrogens with one attached hydrogen (secondary N) is 1. The quantitative estimate of drug-likeness (QED) is 0.866. The van der Waals surface area contributed by atoms with Gasteiger partial charge in [-0.15, -0.1) is 0 Å². The molecule has 0 heterocycles. The Kier molecular flexibility index (Phi) is 4.35. The maximum atomic E-state index is 13.8. The smallest absolute Gasteiger partial charge is 0.418 e. The molecule has 1 amide bonds. The summed E-state index contributed by atoms with van der Waals surface area (Å²) in [6.45, 7) is 0. The molecule has 0 fully saturated rings. The number of hydrogen-bond acceptors (Lipinski definition) is 2. The molecule has 3 nitrogen and oxygen atoms in total. The van der Waals surface area contributed by atoms with Gasteiger partial charge in [-0.1, -0.05) is 18.2 Å². The van der Waals surface area contributed by atoms with Crippen molar-refractivity contribution in [3.8, 4) is 5.75 Å². The van der Waals surface area contributed by atoms with E-state index < -0.39 is 34.7 Å². The third kappa shape index (κ3) is 3.19. The molecule has 7 heteroatoms. The van der Waals surface area contributed by atoms with Crippen LogP contribution < -0.4 is 10.1 Å². The van der Waals surface area contributed by atoms with E-state index in [9.17, 15) is 22.4 Å². The number of amides is 1. The molecule has 0 unspecified atom stereocenters. The van der Waals surface area contributed by atoms with E-state index in [1.807, 2.05) is 0 Å². The van der Waals surface area contributed by atoms with E-state index in [1.165, 1.54) is 31.4 Å². The van der Waals surface area contributed by atoms with Gasteiger partial charge in [0.25, 0.3) is 5.91 Å². The lowest BCUT2D eigenvalue weighted by Gasteiger charge is -2.14. The van der Waals surface area contributed by atoms with Crippen LogP contribution in [-0.2, 0) is 6.18 Å². The predicted octanol–water partition coefficient (Wildman–Crippen LogP) is 4.11. The lowest BCUT2D eigenvalue weighted by Crippen LogP contribution is -2.18. The first-order valence-electron chi connectivity index (χ1n) is 6.14. The Morgan fingerprint density at radius 2 is 1.77 bits per heavy atom. The Morgan fingerprint density at radius 1 is 1.09 bits per heavy atom. The minimum atomic E-state index is -4.64. The Bertz CT molecular complexity index is 698. The number of carbonyl (C=O) groups is 1. The molecule has 0 aliphatic carbocycles. The molecule has 2 aromatic rings. The zero-order valence-electron chi connectivity index (χ0n) is 11.4. The number of alkyl halides is 3. The van der Waals surface area contributed by atoms with E-state index in [-0.39, 0.29) is 5.75 Å². The highest BCUT2D eigenvalue weighted by atomic mass is 19.4. The molecular weight excluding hydrogens is 302 g/mol. The van der Waals surface area contributed by atoms with Crippen LogP contribution in [0.5, 0.6) is 5.75 Å². The molecule has 0 bridgehead atoms. The van der Waals surface area contributed by atoms with Gasteiger partial charge in [-0.3, -0.25) is 4.79 Å². The van der Waals surface area contributed by atoms with Gasteiger partial charge >= 0.3 is 6.18 Å². The maximum Gasteiger partial charge on any atom is 0.418 e. The van der Waals surface area contributed by atoms with Crippen molar-refractivity contribution in [1.29, 1.82) is 0 Å². The number of para-hydroxylation sites is 1. The van der Waals surface area contributed by atoms with Crippen LogP contribution in [0.3, 0.4) is 0 Å². The minimum Gasteiger partial charge on any atom is -0.496 e. The van der Waals surface area contributed by atoms with Crippen LogP contribution in [0.2, 0.25) is 0 Å². The summed E-state index contributed by atoms with van der Waals surface area (Å²) in [6, 6.07) is 8.14. The third-order valence-corrected chi connectivity index (χ3v) is 2.90. The van der Waals surface area contributed by atoms with Gasteiger partial charge in [0.05, 0.1) is 18.4 Å². The number of hydrogen-bond donors (Lipinski definition) is 1. The summed E-state index contributed by atoms with van der Waals surface area (Å²) < 4.78 is 57.2. The maximum absolute atomic E-state index is 13.8. The van der Waals surface area contributed by atoms with Crippen LogP contribution >= 0.6 is 0 Å². The topological polar surface area (TPSA) is 38.3 Å². The van der Waals surface area contributed by atoms with Crippen LogP contribution in [0, 0.1) is 5.82 Å². The summed E-state index contributed by atoms with van der Waals surface area (Å²) in [5, 5.41) is 2.07. The Hall–Kier alpha value is -2.57. The van der Waals surface area contributed by atoms with E-state index in [4.69, 9.17) is 4.74 Å². The molecule has 116 valence electrons. The number of methoxy groups -OCH3 is 1. The number of rotatable bonds is 3. The van der Waals surface area contributed by atoms with E-state index in [1.54, 1.807) is 0 Å². The van der Waals surface area contributed by atoms with Gasteiger partial charge < -0.3 is 10.1 Å². The molecule has 0 saturated carbocycles. The van der Waals surface area contributed by atoms with Gasteiger partial charge in [0.2, 0.25) is 0 Å². The number of benzene rings is 2. The molecule has 22 heavy (non-hydrogen) atoms. The Balaban J connectivity index is 2.39. The summed E-state index contributed by atoms with van der Waals surface area (Å²) in [5.41, 5.74) is -1.93. The zero-order valence-corrected chi connectivity index (χ0v) is 11.4. The van der Waals surface area contributed by atoms with Crippen molar-refractivity contribution in [3.63, 3.8) is 0 Å². The third-order valence-electron chi connectivity index (χ3n) is 2.90. The van der Waals surface area contributed by atoms with Gasteiger partial charge in [0.1, 0.15) is 17.1 Å². The molecule has 0 atom stereocenters. The van der Waals surface area contributed by atoms with Crippen LogP contribution in [0.4, 0.5) is 23.2 Å². The van der Waals surface area contributed by atoms with Crippen molar-refractivity contribution in [2.75, 3.05) is 12.4 Å². The van der Waals surface area contributed by atoms with Crippen LogP contribution in [0.1, 0.15) is 15.9 Å². The Morgan fingerprint density at radius 3 is 2.41 bits per heavy atom. The van der Waals surface area contributed by atoms with Crippen LogP contribution in [-0.4, -0.2) is 13.0 Å². The standard InChI is InChI=1S/C15H11F4NO2/c1-22-12-8-4-6-10(16)13(12)14(21)20-11-7-3-2-5-9(11)15(17,18)19/h2-8H,1H3,(H,20,21). The molecule has 0 spiro atoms. The highest BCUT2D eigenvalue weighted by molar-refractivity contribution is 6.06. The second kappa shape index (κ2) is 6.05. The summed E-state index contributed by atoms with van der Waals surface area (Å²) >= 11 is 0. The van der Waals surface area contributed by atoms with Crippen LogP contribution in [0.25, 0.3) is 0 Å². The highest BCUT2D eigenvalue weighted by Crippen LogP contribution is 2.35. The van der Waals surface area contributed by atoms with Gasteiger partial charge in [0.15, 0.2) is 0 Å². The normalized spacial score (nSPS) is 11.1. The molecule has 1 N–H and O–H groups in total. The van der Waals surface area contributed by atoms with Crippen molar-refractivity contribution >= 4 is 11.6 Å². The molecule has 2 aromatic carbocycles. The molecule has 0 aromatic heterocycles. The van der Waals surface area contributed by atoms with Gasteiger partial charge in [0, 0.05) is 0 Å². The Labute approximate surface area is 123 Å². The molecule has 0 aliphatic heterocycles. The highest BCUT2D eigenvalue weighted by Gasteiger charge is 2.34. The van der Waals surface area contributed by atoms with Gasteiger partial charge in [-0.05, 0) is 24.3 Å². The number of carbonyl (C=O) groups excluding carboxylic acids is 1. The van der Waals surface area contributed by atoms with E-state index in [2.05, 4.69) is 5.32 Å². The fourth-order valence-electron chi connectivity index (χ4n) is 1.92. The molecular formula is C15H11F4NO2. The predicted molar refractivity (Wildman–Crippen MR) is 72.3 cm³/mol. The van der Waals surface area contributed by atoms with Crippen molar-refractivity contribution in [2.24, 2.45) is 0 Å². The first kappa shape index (κ1) is 15.8. The van der Waals surface area contributed by atoms with E-state index in [0.29, 0.717) is 0 Å². The first-order chi connectivity index (χ1) is 10.3. The van der Waals surface area contributed by atoms with Crippen molar-refractivity contribution in [1.82, 2.24) is 0 Å². The number of halogens is 4. The monoisotopic (exact) mass is 313 g/mol. The van der Waals surface area contributed by atoms with Crippen molar-refractivity contribution in [2.45, 2.75) is 6.18 Å². The summed E-state index contributed by atoms with van der Waals surface area (Å²) in [7, 11) is 1.23. The summed E-state index contributed by atoms with van der Waals surface area (Å²) in [5.74, 6) is -1.98. The fourth-order valence-corrected chi connectivity index (χ4v) is 1.92. The van der Waals surface area contributed by atoms with Gasteiger partial charge in [-0.25, -0.2) is 4.39 Å². The molecule has 0 aliphatic rings. The first-order valence-corrected chi connectivity index (χ1v) is 6.14. The second-order valence-corrected chi connectivity index (χ2v) is 4.31. The van der Waals surface area contributed by atoms with Crippen molar-refractivity contribution in [3.05, 3.63) is 59.4 Å². The average Bonchev–Trinajstić information content (AvgIpc) is 2.46. The van der Waals surface area contributed by atoms with Gasteiger partial charge in [-0.2, -0.15) is 13.2 Å². The molecule has 0 radical (unpaired) electrons. The molecule has 0 saturated heterocycles. The van der Waals surface area contributed by atoms with Crippen molar-refractivity contribution < 1.29 is 27.1 Å².